The van der Waals surface area contributed by atoms with Gasteiger partial charge in [-0.3, -0.25) is 4.90 Å². The normalized spacial score (nSPS) is 24.6. The van der Waals surface area contributed by atoms with Gasteiger partial charge in [-0.05, 0) is 29.8 Å². The molecule has 130 valence electrons. The number of fused-ring (bicyclic) bond motifs is 1. The summed E-state index contributed by atoms with van der Waals surface area (Å²) in [5.41, 5.74) is 1.62. The van der Waals surface area contributed by atoms with Gasteiger partial charge in [-0.1, -0.05) is 41.9 Å². The number of anilines is 1. The Morgan fingerprint density at radius 1 is 1.00 bits per heavy atom. The summed E-state index contributed by atoms with van der Waals surface area (Å²) in [6.45, 7) is 0.347. The predicted molar refractivity (Wildman–Crippen MR) is 97.5 cm³/mol. The van der Waals surface area contributed by atoms with Crippen LogP contribution in [0.3, 0.4) is 0 Å². The summed E-state index contributed by atoms with van der Waals surface area (Å²) in [5, 5.41) is 0.597. The Bertz CT molecular complexity index is 917. The van der Waals surface area contributed by atoms with Crippen LogP contribution in [0.5, 0.6) is 0 Å². The van der Waals surface area contributed by atoms with E-state index < -0.39 is 9.84 Å². The summed E-state index contributed by atoms with van der Waals surface area (Å²) in [4.78, 5) is 16.3. The van der Waals surface area contributed by atoms with Crippen LogP contribution in [0, 0.1) is 0 Å². The maximum Gasteiger partial charge on any atom is 0.325 e. The molecule has 2 aromatic carbocycles. The summed E-state index contributed by atoms with van der Waals surface area (Å²) in [5.74, 6) is 0.0116. The lowest BCUT2D eigenvalue weighted by molar-refractivity contribution is 0.206. The number of halogens is 1. The van der Waals surface area contributed by atoms with Crippen molar-refractivity contribution in [1.29, 1.82) is 0 Å². The molecule has 0 spiro atoms. The summed E-state index contributed by atoms with van der Waals surface area (Å²) in [7, 11) is -3.16. The molecule has 2 aliphatic rings. The van der Waals surface area contributed by atoms with Crippen LogP contribution in [0.15, 0.2) is 54.6 Å². The highest BCUT2D eigenvalue weighted by Crippen LogP contribution is 2.35. The standard InChI is InChI=1S/C18H17ClN2O3S/c19-14-6-4-5-13(9-14)10-20-16-11-25(23,24)12-17(16)21(18(20)22)15-7-2-1-3-8-15/h1-9,16-17H,10-12H2/t16-,17+/m0/s1. The molecule has 7 heteroatoms. The highest BCUT2D eigenvalue weighted by Gasteiger charge is 2.53. The van der Waals surface area contributed by atoms with E-state index in [0.717, 1.165) is 11.3 Å². The maximum absolute atomic E-state index is 13.0. The van der Waals surface area contributed by atoms with Crippen molar-refractivity contribution >= 4 is 33.2 Å². The summed E-state index contributed by atoms with van der Waals surface area (Å²) in [6.07, 6.45) is 0. The number of hydrogen-bond acceptors (Lipinski definition) is 3. The fourth-order valence-electron chi connectivity index (χ4n) is 3.68. The molecule has 4 rings (SSSR count). The zero-order chi connectivity index (χ0) is 17.6. The number of nitrogens with zero attached hydrogens (tertiary/aromatic N) is 2. The van der Waals surface area contributed by atoms with E-state index in [0.29, 0.717) is 11.6 Å². The van der Waals surface area contributed by atoms with Crippen molar-refractivity contribution < 1.29 is 13.2 Å². The third kappa shape index (κ3) is 3.00. The van der Waals surface area contributed by atoms with Crippen LogP contribution >= 0.6 is 11.6 Å². The molecule has 2 amide bonds. The number of benzene rings is 2. The van der Waals surface area contributed by atoms with Crippen molar-refractivity contribution in [3.05, 3.63) is 65.2 Å². The molecule has 25 heavy (non-hydrogen) atoms. The topological polar surface area (TPSA) is 57.7 Å². The molecule has 0 bridgehead atoms. The summed E-state index contributed by atoms with van der Waals surface area (Å²) in [6, 6.07) is 15.7. The van der Waals surface area contributed by atoms with E-state index in [-0.39, 0.29) is 29.6 Å². The van der Waals surface area contributed by atoms with Crippen LogP contribution in [-0.4, -0.2) is 42.9 Å². The Kier molecular flexibility index (Phi) is 3.96. The molecule has 5 nitrogen and oxygen atoms in total. The number of hydrogen-bond donors (Lipinski definition) is 0. The van der Waals surface area contributed by atoms with E-state index in [2.05, 4.69) is 0 Å². The van der Waals surface area contributed by atoms with Crippen LogP contribution < -0.4 is 4.90 Å². The molecule has 0 N–H and O–H groups in total. The van der Waals surface area contributed by atoms with Gasteiger partial charge in [0, 0.05) is 17.3 Å². The molecule has 0 aliphatic carbocycles. The highest BCUT2D eigenvalue weighted by atomic mass is 35.5. The SMILES string of the molecule is O=C1N(Cc2cccc(Cl)c2)[C@H]2CS(=O)(=O)C[C@H]2N1c1ccccc1. The van der Waals surface area contributed by atoms with Crippen molar-refractivity contribution in [2.24, 2.45) is 0 Å². The zero-order valence-corrected chi connectivity index (χ0v) is 14.9. The average molecular weight is 377 g/mol. The van der Waals surface area contributed by atoms with E-state index in [4.69, 9.17) is 11.6 Å². The second kappa shape index (κ2) is 6.04. The number of urea groups is 1. The molecule has 2 aromatic rings. The summed E-state index contributed by atoms with van der Waals surface area (Å²) >= 11 is 6.04. The first kappa shape index (κ1) is 16.4. The first-order chi connectivity index (χ1) is 11.9. The van der Waals surface area contributed by atoms with Gasteiger partial charge in [-0.2, -0.15) is 0 Å². The Morgan fingerprint density at radius 2 is 1.72 bits per heavy atom. The van der Waals surface area contributed by atoms with Crippen LogP contribution in [0.25, 0.3) is 0 Å². The maximum atomic E-state index is 13.0. The Balaban J connectivity index is 1.71. The molecular weight excluding hydrogens is 360 g/mol. The van der Waals surface area contributed by atoms with E-state index in [1.54, 1.807) is 21.9 Å². The van der Waals surface area contributed by atoms with Gasteiger partial charge in [-0.25, -0.2) is 13.2 Å². The molecule has 0 aromatic heterocycles. The van der Waals surface area contributed by atoms with Crippen LogP contribution in [0.1, 0.15) is 5.56 Å². The second-order valence-corrected chi connectivity index (χ2v) is 9.05. The van der Waals surface area contributed by atoms with Crippen molar-refractivity contribution in [2.75, 3.05) is 16.4 Å². The van der Waals surface area contributed by atoms with Gasteiger partial charge < -0.3 is 4.90 Å². The minimum absolute atomic E-state index is 0.00431. The third-order valence-electron chi connectivity index (χ3n) is 4.75. The Hall–Kier alpha value is -2.05. The predicted octanol–water partition coefficient (Wildman–Crippen LogP) is 2.95. The minimum atomic E-state index is -3.16. The smallest absolute Gasteiger partial charge is 0.314 e. The molecular formula is C18H17ClN2O3S. The van der Waals surface area contributed by atoms with Gasteiger partial charge in [0.25, 0.3) is 0 Å². The fraction of sp³-hybridized carbons (Fsp3) is 0.278. The van der Waals surface area contributed by atoms with Crippen molar-refractivity contribution in [3.63, 3.8) is 0 Å². The van der Waals surface area contributed by atoms with Crippen LogP contribution in [0.4, 0.5) is 10.5 Å². The molecule has 2 saturated heterocycles. The Morgan fingerprint density at radius 3 is 2.44 bits per heavy atom. The molecule has 2 aliphatic heterocycles. The minimum Gasteiger partial charge on any atom is -0.314 e. The largest absolute Gasteiger partial charge is 0.325 e. The van der Waals surface area contributed by atoms with Gasteiger partial charge in [0.1, 0.15) is 0 Å². The lowest BCUT2D eigenvalue weighted by Crippen LogP contribution is -2.37. The van der Waals surface area contributed by atoms with E-state index in [9.17, 15) is 13.2 Å². The van der Waals surface area contributed by atoms with Crippen LogP contribution in [-0.2, 0) is 16.4 Å². The van der Waals surface area contributed by atoms with Crippen molar-refractivity contribution in [2.45, 2.75) is 18.6 Å². The monoisotopic (exact) mass is 376 g/mol. The van der Waals surface area contributed by atoms with Gasteiger partial charge in [0.15, 0.2) is 9.84 Å². The molecule has 0 unspecified atom stereocenters. The highest BCUT2D eigenvalue weighted by molar-refractivity contribution is 7.91. The van der Waals surface area contributed by atoms with Crippen LogP contribution in [0.2, 0.25) is 5.02 Å². The number of carbonyl (C=O) groups is 1. The van der Waals surface area contributed by atoms with Gasteiger partial charge >= 0.3 is 6.03 Å². The molecule has 0 saturated carbocycles. The molecule has 0 radical (unpaired) electrons. The third-order valence-corrected chi connectivity index (χ3v) is 6.69. The summed E-state index contributed by atoms with van der Waals surface area (Å²) < 4.78 is 24.4. The number of amides is 2. The second-order valence-electron chi connectivity index (χ2n) is 6.46. The Labute approximate surface area is 151 Å². The van der Waals surface area contributed by atoms with Crippen molar-refractivity contribution in [1.82, 2.24) is 4.90 Å². The van der Waals surface area contributed by atoms with Gasteiger partial charge in [-0.15, -0.1) is 0 Å². The lowest BCUT2D eigenvalue weighted by atomic mass is 10.1. The van der Waals surface area contributed by atoms with Gasteiger partial charge in [0.05, 0.1) is 23.6 Å². The number of para-hydroxylation sites is 1. The number of sulfone groups is 1. The van der Waals surface area contributed by atoms with E-state index >= 15 is 0 Å². The average Bonchev–Trinajstić information content (AvgIpc) is 3.00. The first-order valence-electron chi connectivity index (χ1n) is 8.04. The quantitative estimate of drug-likeness (QED) is 0.774. The molecule has 2 atom stereocenters. The van der Waals surface area contributed by atoms with E-state index in [1.165, 1.54) is 0 Å². The lowest BCUT2D eigenvalue weighted by Gasteiger charge is -2.22. The van der Waals surface area contributed by atoms with E-state index in [1.807, 2.05) is 42.5 Å². The van der Waals surface area contributed by atoms with Gasteiger partial charge in [0.2, 0.25) is 0 Å². The fourth-order valence-corrected chi connectivity index (χ4v) is 5.85. The molecule has 2 fully saturated rings. The van der Waals surface area contributed by atoms with Crippen molar-refractivity contribution in [3.8, 4) is 0 Å². The number of rotatable bonds is 3. The zero-order valence-electron chi connectivity index (χ0n) is 13.4. The number of carbonyl (C=O) groups excluding carboxylic acids is 1. The first-order valence-corrected chi connectivity index (χ1v) is 10.2. The molecule has 2 heterocycles.